The van der Waals surface area contributed by atoms with Gasteiger partial charge in [-0.1, -0.05) is 6.92 Å². The van der Waals surface area contributed by atoms with Crippen LogP contribution in [0.15, 0.2) is 11.4 Å². The fourth-order valence-corrected chi connectivity index (χ4v) is 2.53. The molecule has 0 aromatic carbocycles. The molecule has 2 rings (SSSR count). The lowest BCUT2D eigenvalue weighted by atomic mass is 10.3. The van der Waals surface area contributed by atoms with Gasteiger partial charge < -0.3 is 14.6 Å². The minimum absolute atomic E-state index is 0.0619. The van der Waals surface area contributed by atoms with E-state index in [2.05, 4.69) is 11.8 Å². The lowest BCUT2D eigenvalue weighted by Gasteiger charge is -2.31. The zero-order valence-electron chi connectivity index (χ0n) is 10.3. The molecule has 0 spiro atoms. The van der Waals surface area contributed by atoms with E-state index in [-0.39, 0.29) is 6.10 Å². The Balaban J connectivity index is 1.81. The van der Waals surface area contributed by atoms with Crippen LogP contribution in [-0.2, 0) is 4.74 Å². The molecule has 100 valence electrons. The number of ether oxygens (including phenoxy) is 2. The van der Waals surface area contributed by atoms with Crippen molar-refractivity contribution in [3.05, 3.63) is 16.3 Å². The smallest absolute Gasteiger partial charge is 0.346 e. The second-order valence-corrected chi connectivity index (χ2v) is 5.06. The van der Waals surface area contributed by atoms with E-state index in [9.17, 15) is 4.79 Å². The Hall–Kier alpha value is -1.11. The number of carboxylic acids is 1. The molecule has 1 aromatic heterocycles. The van der Waals surface area contributed by atoms with Gasteiger partial charge in [-0.05, 0) is 6.54 Å². The number of nitrogens with zero attached hydrogens (tertiary/aromatic N) is 1. The van der Waals surface area contributed by atoms with Crippen molar-refractivity contribution in [1.82, 2.24) is 4.90 Å². The molecule has 0 saturated carbocycles. The highest BCUT2D eigenvalue weighted by Gasteiger charge is 2.20. The third kappa shape index (κ3) is 3.44. The van der Waals surface area contributed by atoms with E-state index < -0.39 is 5.97 Å². The van der Waals surface area contributed by atoms with Crippen LogP contribution < -0.4 is 4.74 Å². The van der Waals surface area contributed by atoms with Crippen molar-refractivity contribution < 1.29 is 19.4 Å². The quantitative estimate of drug-likeness (QED) is 0.880. The summed E-state index contributed by atoms with van der Waals surface area (Å²) >= 11 is 1.17. The van der Waals surface area contributed by atoms with Gasteiger partial charge in [-0.15, -0.1) is 11.3 Å². The normalized spacial score (nSPS) is 20.8. The Labute approximate surface area is 110 Å². The van der Waals surface area contributed by atoms with Gasteiger partial charge in [-0.3, -0.25) is 4.90 Å². The molecule has 0 bridgehead atoms. The van der Waals surface area contributed by atoms with Gasteiger partial charge in [0.15, 0.2) is 0 Å². The summed E-state index contributed by atoms with van der Waals surface area (Å²) in [6.45, 7) is 6.17. The number of morpholine rings is 1. The summed E-state index contributed by atoms with van der Waals surface area (Å²) in [5, 5.41) is 10.5. The van der Waals surface area contributed by atoms with Gasteiger partial charge in [0.1, 0.15) is 23.3 Å². The van der Waals surface area contributed by atoms with Crippen molar-refractivity contribution in [1.29, 1.82) is 0 Å². The van der Waals surface area contributed by atoms with E-state index in [0.29, 0.717) is 17.2 Å². The largest absolute Gasteiger partial charge is 0.490 e. The summed E-state index contributed by atoms with van der Waals surface area (Å²) in [6, 6.07) is 1.55. The van der Waals surface area contributed by atoms with Crippen molar-refractivity contribution in [3.63, 3.8) is 0 Å². The number of hydrogen-bond donors (Lipinski definition) is 1. The lowest BCUT2D eigenvalue weighted by molar-refractivity contribution is -0.0463. The third-order valence-corrected chi connectivity index (χ3v) is 3.79. The number of likely N-dealkylation sites (N-methyl/N-ethyl adjacent to an activating group) is 1. The Bertz CT molecular complexity index is 407. The van der Waals surface area contributed by atoms with Crippen molar-refractivity contribution in [2.24, 2.45) is 0 Å². The Morgan fingerprint density at radius 1 is 1.72 bits per heavy atom. The Kier molecular flexibility index (Phi) is 4.57. The number of rotatable bonds is 5. The highest BCUT2D eigenvalue weighted by Crippen LogP contribution is 2.22. The van der Waals surface area contributed by atoms with Gasteiger partial charge in [0.05, 0.1) is 6.61 Å². The zero-order chi connectivity index (χ0) is 13.0. The molecule has 1 unspecified atom stereocenters. The predicted molar refractivity (Wildman–Crippen MR) is 68.6 cm³/mol. The number of carbonyl (C=O) groups is 1. The van der Waals surface area contributed by atoms with Gasteiger partial charge in [0, 0.05) is 24.5 Å². The van der Waals surface area contributed by atoms with E-state index in [0.717, 1.165) is 26.2 Å². The summed E-state index contributed by atoms with van der Waals surface area (Å²) in [6.07, 6.45) is 0.0619. The summed E-state index contributed by atoms with van der Waals surface area (Å²) in [4.78, 5) is 13.3. The molecule has 0 amide bonds. The van der Waals surface area contributed by atoms with Crippen molar-refractivity contribution in [3.8, 4) is 5.75 Å². The molecule has 2 heterocycles. The molecule has 1 aliphatic heterocycles. The molecule has 1 N–H and O–H groups in total. The average Bonchev–Trinajstić information content (AvgIpc) is 2.85. The maximum atomic E-state index is 10.7. The Morgan fingerprint density at radius 3 is 3.22 bits per heavy atom. The molecule has 0 aliphatic carbocycles. The molecule has 18 heavy (non-hydrogen) atoms. The first kappa shape index (κ1) is 13.3. The third-order valence-electron chi connectivity index (χ3n) is 2.89. The number of carboxylic acid groups (broad SMARTS) is 1. The van der Waals surface area contributed by atoms with Crippen molar-refractivity contribution >= 4 is 17.3 Å². The molecule has 6 heteroatoms. The zero-order valence-corrected chi connectivity index (χ0v) is 11.1. The van der Waals surface area contributed by atoms with Crippen LogP contribution in [0.3, 0.4) is 0 Å². The maximum absolute atomic E-state index is 10.7. The van der Waals surface area contributed by atoms with Gasteiger partial charge in [0.2, 0.25) is 0 Å². The highest BCUT2D eigenvalue weighted by atomic mass is 32.1. The van der Waals surface area contributed by atoms with E-state index in [4.69, 9.17) is 14.6 Å². The lowest BCUT2D eigenvalue weighted by Crippen LogP contribution is -2.44. The summed E-state index contributed by atoms with van der Waals surface area (Å²) in [7, 11) is 0. The fraction of sp³-hybridized carbons (Fsp3) is 0.583. The van der Waals surface area contributed by atoms with Crippen LogP contribution in [0.1, 0.15) is 16.6 Å². The first-order valence-electron chi connectivity index (χ1n) is 5.97. The summed E-state index contributed by atoms with van der Waals surface area (Å²) < 4.78 is 11.2. The van der Waals surface area contributed by atoms with Gasteiger partial charge in [-0.2, -0.15) is 0 Å². The van der Waals surface area contributed by atoms with Crippen molar-refractivity contribution in [2.45, 2.75) is 13.0 Å². The second kappa shape index (κ2) is 6.17. The topological polar surface area (TPSA) is 59.0 Å². The van der Waals surface area contributed by atoms with E-state index in [1.807, 2.05) is 0 Å². The van der Waals surface area contributed by atoms with E-state index >= 15 is 0 Å². The molecule has 1 aromatic rings. The summed E-state index contributed by atoms with van der Waals surface area (Å²) in [5.74, 6) is -0.310. The molecule has 0 radical (unpaired) electrons. The molecular formula is C12H17NO4S. The maximum Gasteiger partial charge on any atom is 0.346 e. The minimum atomic E-state index is -0.916. The van der Waals surface area contributed by atoms with Crippen molar-refractivity contribution in [2.75, 3.05) is 32.8 Å². The van der Waals surface area contributed by atoms with Crippen LogP contribution >= 0.6 is 11.3 Å². The Morgan fingerprint density at radius 2 is 2.56 bits per heavy atom. The SMILES string of the molecule is CCN1CCOC(COc2csc(C(=O)O)c2)C1. The number of thiophene rings is 1. The fourth-order valence-electron chi connectivity index (χ4n) is 1.86. The monoisotopic (exact) mass is 271 g/mol. The van der Waals surface area contributed by atoms with Crippen LogP contribution in [0, 0.1) is 0 Å². The van der Waals surface area contributed by atoms with Crippen LogP contribution in [0.25, 0.3) is 0 Å². The van der Waals surface area contributed by atoms with Gasteiger partial charge in [-0.25, -0.2) is 4.79 Å². The first-order valence-corrected chi connectivity index (χ1v) is 6.85. The van der Waals surface area contributed by atoms with Gasteiger partial charge in [0.25, 0.3) is 0 Å². The van der Waals surface area contributed by atoms with Gasteiger partial charge >= 0.3 is 5.97 Å². The molecule has 1 fully saturated rings. The minimum Gasteiger partial charge on any atom is -0.490 e. The van der Waals surface area contributed by atoms with Crippen LogP contribution in [0.2, 0.25) is 0 Å². The van der Waals surface area contributed by atoms with E-state index in [1.54, 1.807) is 11.4 Å². The molecule has 1 saturated heterocycles. The molecule has 1 atom stereocenters. The number of aromatic carboxylic acids is 1. The highest BCUT2D eigenvalue weighted by molar-refractivity contribution is 7.12. The second-order valence-electron chi connectivity index (χ2n) is 4.15. The van der Waals surface area contributed by atoms with Crippen LogP contribution in [0.5, 0.6) is 5.75 Å². The standard InChI is InChI=1S/C12H17NO4S/c1-2-13-3-4-16-10(6-13)7-17-9-5-11(12(14)15)18-8-9/h5,8,10H,2-4,6-7H2,1H3,(H,14,15). The average molecular weight is 271 g/mol. The molecule has 1 aliphatic rings. The molecular weight excluding hydrogens is 254 g/mol. The first-order chi connectivity index (χ1) is 8.69. The van der Waals surface area contributed by atoms with E-state index in [1.165, 1.54) is 11.3 Å². The molecule has 5 nitrogen and oxygen atoms in total. The predicted octanol–water partition coefficient (Wildman–Crippen LogP) is 1.55. The van der Waals surface area contributed by atoms with Crippen LogP contribution in [-0.4, -0.2) is 54.9 Å². The van der Waals surface area contributed by atoms with Crippen LogP contribution in [0.4, 0.5) is 0 Å². The summed E-state index contributed by atoms with van der Waals surface area (Å²) in [5.41, 5.74) is 0. The number of hydrogen-bond acceptors (Lipinski definition) is 5.